The Labute approximate surface area is 119 Å². The summed E-state index contributed by atoms with van der Waals surface area (Å²) in [6.07, 6.45) is -0.876. The van der Waals surface area contributed by atoms with Gasteiger partial charge in [0.2, 0.25) is 0 Å². The van der Waals surface area contributed by atoms with E-state index in [1.165, 1.54) is 25.1 Å². The van der Waals surface area contributed by atoms with Crippen LogP contribution in [0.4, 0.5) is 4.39 Å². The molecular weight excluding hydrogens is 261 g/mol. The first kappa shape index (κ1) is 16.4. The van der Waals surface area contributed by atoms with E-state index < -0.39 is 11.9 Å². The van der Waals surface area contributed by atoms with Gasteiger partial charge in [-0.15, -0.1) is 0 Å². The zero-order valence-corrected chi connectivity index (χ0v) is 12.3. The van der Waals surface area contributed by atoms with Crippen LogP contribution in [0, 0.1) is 11.7 Å². The van der Waals surface area contributed by atoms with Crippen molar-refractivity contribution in [3.8, 4) is 5.75 Å². The number of carbonyl (C=O) groups excluding carboxylic acids is 1. The monoisotopic (exact) mass is 283 g/mol. The summed E-state index contributed by atoms with van der Waals surface area (Å²) < 4.78 is 18.8. The fourth-order valence-corrected chi connectivity index (χ4v) is 1.55. The molecular formula is C15H22FNO3. The summed E-state index contributed by atoms with van der Waals surface area (Å²) in [6.45, 7) is 7.26. The van der Waals surface area contributed by atoms with Crippen LogP contribution in [-0.2, 0) is 4.79 Å². The van der Waals surface area contributed by atoms with Gasteiger partial charge in [0.05, 0.1) is 6.10 Å². The van der Waals surface area contributed by atoms with Crippen molar-refractivity contribution in [3.05, 3.63) is 29.6 Å². The molecule has 0 spiro atoms. The van der Waals surface area contributed by atoms with E-state index in [2.05, 4.69) is 5.32 Å². The van der Waals surface area contributed by atoms with Crippen molar-refractivity contribution < 1.29 is 19.0 Å². The van der Waals surface area contributed by atoms with Gasteiger partial charge in [0.15, 0.2) is 6.61 Å². The zero-order chi connectivity index (χ0) is 15.3. The highest BCUT2D eigenvalue weighted by Gasteiger charge is 2.12. The Bertz CT molecular complexity index is 460. The number of aliphatic hydroxyl groups is 1. The number of amides is 1. The van der Waals surface area contributed by atoms with Crippen LogP contribution in [0.5, 0.6) is 5.75 Å². The lowest BCUT2D eigenvalue weighted by Crippen LogP contribution is -2.38. The first-order chi connectivity index (χ1) is 9.31. The number of benzene rings is 1. The topological polar surface area (TPSA) is 58.6 Å². The van der Waals surface area contributed by atoms with Crippen LogP contribution in [0.2, 0.25) is 0 Å². The number of ether oxygens (including phenoxy) is 1. The molecule has 112 valence electrons. The van der Waals surface area contributed by atoms with Crippen molar-refractivity contribution in [2.24, 2.45) is 5.92 Å². The average Bonchev–Trinajstić information content (AvgIpc) is 2.35. The van der Waals surface area contributed by atoms with Crippen molar-refractivity contribution in [1.82, 2.24) is 5.32 Å². The van der Waals surface area contributed by atoms with Gasteiger partial charge >= 0.3 is 0 Å². The summed E-state index contributed by atoms with van der Waals surface area (Å²) >= 11 is 0. The van der Waals surface area contributed by atoms with E-state index >= 15 is 0 Å². The van der Waals surface area contributed by atoms with Gasteiger partial charge in [0.1, 0.15) is 11.6 Å². The van der Waals surface area contributed by atoms with E-state index in [-0.39, 0.29) is 29.9 Å². The van der Waals surface area contributed by atoms with Crippen LogP contribution >= 0.6 is 0 Å². The summed E-state index contributed by atoms with van der Waals surface area (Å²) in [5.74, 6) is -0.194. The molecule has 4 nitrogen and oxygen atoms in total. The Balaban J connectivity index is 2.54. The third-order valence-electron chi connectivity index (χ3n) is 3.18. The highest BCUT2D eigenvalue weighted by atomic mass is 19.1. The molecule has 1 amide bonds. The molecule has 2 N–H and O–H groups in total. The molecule has 0 radical (unpaired) electrons. The number of halogens is 1. The highest BCUT2D eigenvalue weighted by molar-refractivity contribution is 5.77. The molecule has 0 bridgehead atoms. The van der Waals surface area contributed by atoms with E-state index in [0.717, 1.165) is 0 Å². The van der Waals surface area contributed by atoms with E-state index in [1.54, 1.807) is 0 Å². The van der Waals surface area contributed by atoms with Gasteiger partial charge in [-0.3, -0.25) is 4.79 Å². The summed E-state index contributed by atoms with van der Waals surface area (Å²) in [6, 6.07) is 4.20. The molecule has 0 saturated heterocycles. The fraction of sp³-hybridized carbons (Fsp3) is 0.533. The molecule has 1 aromatic carbocycles. The van der Waals surface area contributed by atoms with E-state index in [9.17, 15) is 14.3 Å². The average molecular weight is 283 g/mol. The van der Waals surface area contributed by atoms with Crippen LogP contribution in [0.1, 0.15) is 39.4 Å². The second-order valence-corrected chi connectivity index (χ2v) is 5.25. The van der Waals surface area contributed by atoms with Crippen LogP contribution in [-0.4, -0.2) is 23.7 Å². The first-order valence-corrected chi connectivity index (χ1v) is 6.71. The second kappa shape index (κ2) is 7.24. The normalized spacial score (nSPS) is 13.9. The molecule has 2 atom stereocenters. The van der Waals surface area contributed by atoms with Crippen LogP contribution in [0.25, 0.3) is 0 Å². The van der Waals surface area contributed by atoms with E-state index in [0.29, 0.717) is 5.92 Å². The zero-order valence-electron chi connectivity index (χ0n) is 12.3. The van der Waals surface area contributed by atoms with E-state index in [4.69, 9.17) is 4.74 Å². The molecule has 0 aromatic heterocycles. The number of hydrogen-bond donors (Lipinski definition) is 2. The fourth-order valence-electron chi connectivity index (χ4n) is 1.55. The summed E-state index contributed by atoms with van der Waals surface area (Å²) in [4.78, 5) is 11.6. The molecule has 1 rings (SSSR count). The molecule has 2 unspecified atom stereocenters. The minimum atomic E-state index is -0.876. The van der Waals surface area contributed by atoms with Gasteiger partial charge in [-0.1, -0.05) is 13.8 Å². The van der Waals surface area contributed by atoms with Gasteiger partial charge in [0, 0.05) is 17.7 Å². The lowest BCUT2D eigenvalue weighted by Gasteiger charge is -2.17. The van der Waals surface area contributed by atoms with Gasteiger partial charge in [-0.25, -0.2) is 4.39 Å². The maximum Gasteiger partial charge on any atom is 0.258 e. The predicted octanol–water partition coefficient (Wildman–Crippen LogP) is 2.42. The van der Waals surface area contributed by atoms with Gasteiger partial charge in [-0.2, -0.15) is 0 Å². The Morgan fingerprint density at radius 3 is 2.50 bits per heavy atom. The van der Waals surface area contributed by atoms with E-state index in [1.807, 2.05) is 20.8 Å². The third-order valence-corrected chi connectivity index (χ3v) is 3.18. The van der Waals surface area contributed by atoms with Crippen molar-refractivity contribution >= 4 is 5.91 Å². The van der Waals surface area contributed by atoms with Crippen molar-refractivity contribution in [2.75, 3.05) is 6.61 Å². The largest absolute Gasteiger partial charge is 0.484 e. The Morgan fingerprint density at radius 2 is 2.00 bits per heavy atom. The standard InChI is InChI=1S/C15H22FNO3/c1-9(2)10(3)17-15(19)8-20-12-5-6-13(11(4)18)14(16)7-12/h5-7,9-11,18H,8H2,1-4H3,(H,17,19). The quantitative estimate of drug-likeness (QED) is 0.843. The molecule has 0 saturated carbocycles. The van der Waals surface area contributed by atoms with Crippen molar-refractivity contribution in [1.29, 1.82) is 0 Å². The summed E-state index contributed by atoms with van der Waals surface area (Å²) in [5.41, 5.74) is 0.204. The minimum absolute atomic E-state index is 0.0560. The minimum Gasteiger partial charge on any atom is -0.484 e. The molecule has 0 aliphatic rings. The molecule has 20 heavy (non-hydrogen) atoms. The molecule has 0 heterocycles. The van der Waals surface area contributed by atoms with Crippen molar-refractivity contribution in [3.63, 3.8) is 0 Å². The molecule has 0 aliphatic carbocycles. The van der Waals surface area contributed by atoms with Crippen LogP contribution in [0.15, 0.2) is 18.2 Å². The SMILES string of the molecule is CC(O)c1ccc(OCC(=O)NC(C)C(C)C)cc1F. The van der Waals surface area contributed by atoms with Crippen molar-refractivity contribution in [2.45, 2.75) is 39.8 Å². The maximum absolute atomic E-state index is 13.6. The maximum atomic E-state index is 13.6. The lowest BCUT2D eigenvalue weighted by molar-refractivity contribution is -0.124. The lowest BCUT2D eigenvalue weighted by atomic mass is 10.1. The molecule has 0 fully saturated rings. The molecule has 1 aromatic rings. The summed E-state index contributed by atoms with van der Waals surface area (Å²) in [7, 11) is 0. The predicted molar refractivity (Wildman–Crippen MR) is 75.0 cm³/mol. The Hall–Kier alpha value is -1.62. The highest BCUT2D eigenvalue weighted by Crippen LogP contribution is 2.21. The third kappa shape index (κ3) is 4.81. The number of hydrogen-bond acceptors (Lipinski definition) is 3. The number of carbonyl (C=O) groups is 1. The van der Waals surface area contributed by atoms with Gasteiger partial charge in [-0.05, 0) is 31.9 Å². The molecule has 0 aliphatic heterocycles. The van der Waals surface area contributed by atoms with Gasteiger partial charge in [0.25, 0.3) is 5.91 Å². The Morgan fingerprint density at radius 1 is 1.35 bits per heavy atom. The summed E-state index contributed by atoms with van der Waals surface area (Å²) in [5, 5.41) is 12.1. The molecule has 5 heteroatoms. The second-order valence-electron chi connectivity index (χ2n) is 5.25. The number of rotatable bonds is 6. The number of nitrogens with one attached hydrogen (secondary N) is 1. The smallest absolute Gasteiger partial charge is 0.258 e. The Kier molecular flexibility index (Phi) is 5.95. The van der Waals surface area contributed by atoms with Gasteiger partial charge < -0.3 is 15.2 Å². The first-order valence-electron chi connectivity index (χ1n) is 6.71. The van der Waals surface area contributed by atoms with Crippen LogP contribution < -0.4 is 10.1 Å². The number of aliphatic hydroxyl groups excluding tert-OH is 1. The van der Waals surface area contributed by atoms with Crippen LogP contribution in [0.3, 0.4) is 0 Å².